The molecule has 0 heterocycles. The van der Waals surface area contributed by atoms with Crippen LogP contribution >= 0.6 is 0 Å². The molecule has 0 N–H and O–H groups in total. The molecule has 0 atom stereocenters. The van der Waals surface area contributed by atoms with Crippen molar-refractivity contribution in [2.45, 2.75) is 33.6 Å². The first-order valence-corrected chi connectivity index (χ1v) is 8.45. The van der Waals surface area contributed by atoms with Gasteiger partial charge in [-0.15, -0.1) is 10.1 Å². The van der Waals surface area contributed by atoms with Crippen molar-refractivity contribution >= 4 is 11.8 Å². The van der Waals surface area contributed by atoms with Gasteiger partial charge in [0.2, 0.25) is 6.79 Å². The summed E-state index contributed by atoms with van der Waals surface area (Å²) >= 11 is 0. The predicted molar refractivity (Wildman–Crippen MR) is 92.6 cm³/mol. The minimum Gasteiger partial charge on any atom is -0.493 e. The molecule has 0 aliphatic rings. The van der Waals surface area contributed by atoms with Gasteiger partial charge in [-0.3, -0.25) is 14.4 Å². The Labute approximate surface area is 156 Å². The molecule has 0 aliphatic heterocycles. The molecule has 1 aromatic carbocycles. The summed E-state index contributed by atoms with van der Waals surface area (Å²) in [6, 6.07) is 3.09. The number of nitrogens with zero attached hydrogens (tertiary/aromatic N) is 1. The summed E-state index contributed by atoms with van der Waals surface area (Å²) in [4.78, 5) is 37.9. The van der Waals surface area contributed by atoms with Crippen LogP contribution in [0.4, 0.5) is 0 Å². The predicted octanol–water partition coefficient (Wildman–Crippen LogP) is 2.55. The number of Topliss-reactive ketones (excluding diaryl/α,β-unsaturated/α-hetero) is 1. The molecule has 0 aromatic heterocycles. The molecule has 0 radical (unpaired) electrons. The van der Waals surface area contributed by atoms with E-state index >= 15 is 0 Å². The van der Waals surface area contributed by atoms with Gasteiger partial charge < -0.3 is 18.9 Å². The molecule has 0 saturated carbocycles. The van der Waals surface area contributed by atoms with Gasteiger partial charge in [-0.25, -0.2) is 0 Å². The Morgan fingerprint density at radius 1 is 0.926 bits per heavy atom. The van der Waals surface area contributed by atoms with Crippen LogP contribution in [0.25, 0.3) is 0 Å². The first kappa shape index (κ1) is 22.0. The van der Waals surface area contributed by atoms with Gasteiger partial charge in [-0.1, -0.05) is 0 Å². The summed E-state index contributed by atoms with van der Waals surface area (Å²) in [6.45, 7) is 5.71. The van der Waals surface area contributed by atoms with Crippen LogP contribution in [0.1, 0.15) is 44.0 Å². The Balaban J connectivity index is 2.88. The highest BCUT2D eigenvalue weighted by Crippen LogP contribution is 2.36. The summed E-state index contributed by atoms with van der Waals surface area (Å²) in [7, 11) is 0. The van der Waals surface area contributed by atoms with E-state index in [0.717, 1.165) is 0 Å². The van der Waals surface area contributed by atoms with E-state index in [1.54, 1.807) is 19.9 Å². The average Bonchev–Trinajstić information content (AvgIpc) is 2.62. The zero-order valence-corrected chi connectivity index (χ0v) is 15.5. The van der Waals surface area contributed by atoms with Gasteiger partial charge in [-0.2, -0.15) is 0 Å². The van der Waals surface area contributed by atoms with E-state index in [0.29, 0.717) is 37.1 Å². The number of rotatable bonds is 13. The molecule has 0 saturated heterocycles. The molecule has 0 bridgehead atoms. The van der Waals surface area contributed by atoms with Crippen molar-refractivity contribution < 1.29 is 38.5 Å². The Hall–Kier alpha value is -3.04. The second kappa shape index (κ2) is 11.6. The van der Waals surface area contributed by atoms with E-state index in [4.69, 9.17) is 14.2 Å². The normalized spacial score (nSPS) is 10.0. The Kier molecular flexibility index (Phi) is 9.41. The quantitative estimate of drug-likeness (QED) is 0.166. The maximum absolute atomic E-state index is 12.5. The largest absolute Gasteiger partial charge is 0.493 e. The maximum atomic E-state index is 12.5. The van der Waals surface area contributed by atoms with Gasteiger partial charge in [0, 0.05) is 12.5 Å². The van der Waals surface area contributed by atoms with E-state index in [1.807, 2.05) is 6.92 Å². The van der Waals surface area contributed by atoms with Gasteiger partial charge in [0.15, 0.2) is 17.3 Å². The number of carbonyl (C=O) groups excluding carboxylic acids is 2. The lowest BCUT2D eigenvalue weighted by Gasteiger charge is -2.16. The number of esters is 1. The summed E-state index contributed by atoms with van der Waals surface area (Å²) in [5.74, 6) is 0.0111. The number of ketones is 1. The smallest absolute Gasteiger partial charge is 0.308 e. The third-order valence-corrected chi connectivity index (χ3v) is 3.18. The second-order valence-electron chi connectivity index (χ2n) is 5.00. The Morgan fingerprint density at radius 3 is 2.04 bits per heavy atom. The van der Waals surface area contributed by atoms with Crippen LogP contribution in [0, 0.1) is 10.1 Å². The number of hydrogen-bond acceptors (Lipinski definition) is 9. The monoisotopic (exact) mass is 385 g/mol. The van der Waals surface area contributed by atoms with Crippen molar-refractivity contribution in [1.82, 2.24) is 0 Å². The maximum Gasteiger partial charge on any atom is 0.308 e. The molecule has 0 amide bonds. The van der Waals surface area contributed by atoms with E-state index in [9.17, 15) is 19.7 Å². The Morgan fingerprint density at radius 2 is 1.48 bits per heavy atom. The van der Waals surface area contributed by atoms with Gasteiger partial charge in [0.05, 0.1) is 31.8 Å². The lowest BCUT2D eigenvalue weighted by atomic mass is 10.0. The fraction of sp³-hybridized carbons (Fsp3) is 0.529. The van der Waals surface area contributed by atoms with E-state index in [-0.39, 0.29) is 24.2 Å². The fourth-order valence-electron chi connectivity index (χ4n) is 2.13. The molecule has 27 heavy (non-hydrogen) atoms. The van der Waals surface area contributed by atoms with Crippen molar-refractivity contribution in [3.05, 3.63) is 27.8 Å². The standard InChI is InChI=1S/C17H23NO9/c1-4-23-14-10-16(25-6-3)15(24-5-2)9-12(14)13(19)7-8-17(20)26-11-27-18(21)22/h9-10H,4-8,11H2,1-3H3. The lowest BCUT2D eigenvalue weighted by molar-refractivity contribution is -0.765. The zero-order chi connectivity index (χ0) is 20.2. The van der Waals surface area contributed by atoms with Crippen LogP contribution in [-0.2, 0) is 14.4 Å². The first-order chi connectivity index (χ1) is 12.9. The highest BCUT2D eigenvalue weighted by atomic mass is 17.0. The van der Waals surface area contributed by atoms with Crippen LogP contribution in [0.3, 0.4) is 0 Å². The van der Waals surface area contributed by atoms with Crippen LogP contribution in [-0.4, -0.2) is 43.5 Å². The third kappa shape index (κ3) is 7.38. The van der Waals surface area contributed by atoms with Crippen LogP contribution in [0.15, 0.2) is 12.1 Å². The van der Waals surface area contributed by atoms with Gasteiger partial charge in [0.1, 0.15) is 5.75 Å². The number of ether oxygens (including phenoxy) is 4. The molecule has 10 heteroatoms. The summed E-state index contributed by atoms with van der Waals surface area (Å²) < 4.78 is 21.0. The molecule has 10 nitrogen and oxygen atoms in total. The van der Waals surface area contributed by atoms with Gasteiger partial charge >= 0.3 is 5.97 Å². The molecule has 1 rings (SSSR count). The van der Waals surface area contributed by atoms with Crippen LogP contribution in [0.2, 0.25) is 0 Å². The molecule has 0 unspecified atom stereocenters. The molecule has 0 fully saturated rings. The zero-order valence-electron chi connectivity index (χ0n) is 15.5. The molecule has 1 aromatic rings. The third-order valence-electron chi connectivity index (χ3n) is 3.18. The second-order valence-corrected chi connectivity index (χ2v) is 5.00. The molecule has 150 valence electrons. The first-order valence-electron chi connectivity index (χ1n) is 8.45. The van der Waals surface area contributed by atoms with Crippen molar-refractivity contribution in [2.24, 2.45) is 0 Å². The SMILES string of the molecule is CCOc1cc(OCC)c(C(=O)CCC(=O)OCO[N+](=O)[O-])cc1OCC. The van der Waals surface area contributed by atoms with Crippen molar-refractivity contribution in [2.75, 3.05) is 26.6 Å². The summed E-state index contributed by atoms with van der Waals surface area (Å²) in [5, 5.41) is 8.91. The molecule has 0 spiro atoms. The van der Waals surface area contributed by atoms with Crippen molar-refractivity contribution in [1.29, 1.82) is 0 Å². The number of carbonyl (C=O) groups is 2. The highest BCUT2D eigenvalue weighted by Gasteiger charge is 2.19. The summed E-state index contributed by atoms with van der Waals surface area (Å²) in [5.41, 5.74) is 0.248. The average molecular weight is 385 g/mol. The van der Waals surface area contributed by atoms with Crippen molar-refractivity contribution in [3.63, 3.8) is 0 Å². The molecular formula is C17H23NO9. The summed E-state index contributed by atoms with van der Waals surface area (Å²) in [6.07, 6.45) is -0.431. The topological polar surface area (TPSA) is 123 Å². The minimum absolute atomic E-state index is 0.170. The van der Waals surface area contributed by atoms with Gasteiger partial charge in [0.25, 0.3) is 5.09 Å². The van der Waals surface area contributed by atoms with Crippen LogP contribution in [0.5, 0.6) is 17.2 Å². The van der Waals surface area contributed by atoms with Crippen LogP contribution < -0.4 is 14.2 Å². The van der Waals surface area contributed by atoms with Crippen molar-refractivity contribution in [3.8, 4) is 17.2 Å². The van der Waals surface area contributed by atoms with Gasteiger partial charge in [-0.05, 0) is 26.8 Å². The lowest BCUT2D eigenvalue weighted by Crippen LogP contribution is -2.13. The van der Waals surface area contributed by atoms with E-state index in [2.05, 4.69) is 9.57 Å². The van der Waals surface area contributed by atoms with E-state index < -0.39 is 17.8 Å². The number of hydrogen-bond donors (Lipinski definition) is 0. The fourth-order valence-corrected chi connectivity index (χ4v) is 2.13. The van der Waals surface area contributed by atoms with E-state index in [1.165, 1.54) is 6.07 Å². The molecule has 0 aliphatic carbocycles. The highest BCUT2D eigenvalue weighted by molar-refractivity contribution is 6.00. The molecular weight excluding hydrogens is 362 g/mol. The Bertz CT molecular complexity index is 660. The number of benzene rings is 1. The minimum atomic E-state index is -1.08.